The van der Waals surface area contributed by atoms with Gasteiger partial charge in [-0.3, -0.25) is 9.69 Å². The van der Waals surface area contributed by atoms with E-state index in [2.05, 4.69) is 16.0 Å². The fraction of sp³-hybridized carbons (Fsp3) is 0.444. The van der Waals surface area contributed by atoms with Crippen LogP contribution in [0.1, 0.15) is 12.0 Å². The molecule has 2 N–H and O–H groups in total. The molecule has 1 atom stereocenters. The molecule has 1 saturated heterocycles. The third-order valence-corrected chi connectivity index (χ3v) is 4.21. The molecule has 0 radical (unpaired) electrons. The van der Waals surface area contributed by atoms with Crippen LogP contribution in [0.2, 0.25) is 0 Å². The van der Waals surface area contributed by atoms with Crippen LogP contribution in [0.5, 0.6) is 5.75 Å². The number of amides is 1. The Morgan fingerprint density at radius 1 is 1.40 bits per heavy atom. The highest BCUT2D eigenvalue weighted by Gasteiger charge is 2.25. The summed E-state index contributed by atoms with van der Waals surface area (Å²) in [5.41, 5.74) is 6.46. The second kappa shape index (κ2) is 8.64. The van der Waals surface area contributed by atoms with Gasteiger partial charge in [0.05, 0.1) is 19.5 Å². The van der Waals surface area contributed by atoms with Crippen molar-refractivity contribution in [3.8, 4) is 5.75 Å². The number of ether oxygens (including phenoxy) is 2. The number of aromatic nitrogens is 2. The zero-order valence-corrected chi connectivity index (χ0v) is 14.2. The van der Waals surface area contributed by atoms with E-state index in [1.807, 2.05) is 35.3 Å². The Labute approximate surface area is 147 Å². The molecule has 134 valence electrons. The Kier molecular flexibility index (Phi) is 6.03. The number of imidazole rings is 1. The maximum atomic E-state index is 11.3. The summed E-state index contributed by atoms with van der Waals surface area (Å²) in [4.78, 5) is 17.5. The molecule has 1 aromatic carbocycles. The van der Waals surface area contributed by atoms with Crippen molar-refractivity contribution in [2.75, 3.05) is 26.3 Å². The number of hydrogen-bond donors (Lipinski definition) is 1. The Hall–Kier alpha value is -2.38. The highest BCUT2D eigenvalue weighted by atomic mass is 16.5. The average molecular weight is 344 g/mol. The van der Waals surface area contributed by atoms with Crippen molar-refractivity contribution in [3.05, 3.63) is 48.5 Å². The molecule has 7 heteroatoms. The molecular weight excluding hydrogens is 320 g/mol. The van der Waals surface area contributed by atoms with E-state index >= 15 is 0 Å². The molecule has 1 aromatic heterocycles. The third-order valence-electron chi connectivity index (χ3n) is 4.21. The number of rotatable bonds is 8. The predicted molar refractivity (Wildman–Crippen MR) is 93.0 cm³/mol. The molecule has 2 heterocycles. The number of nitrogens with two attached hydrogens (primary N) is 1. The van der Waals surface area contributed by atoms with Crippen LogP contribution >= 0.6 is 0 Å². The Bertz CT molecular complexity index is 675. The van der Waals surface area contributed by atoms with E-state index in [1.165, 1.54) is 0 Å². The summed E-state index contributed by atoms with van der Waals surface area (Å²) in [5.74, 6) is 0.476. The summed E-state index contributed by atoms with van der Waals surface area (Å²) < 4.78 is 13.4. The van der Waals surface area contributed by atoms with Gasteiger partial charge in [-0.2, -0.15) is 0 Å². The summed E-state index contributed by atoms with van der Waals surface area (Å²) in [6, 6.07) is 8.01. The van der Waals surface area contributed by atoms with Gasteiger partial charge in [-0.25, -0.2) is 4.98 Å². The van der Waals surface area contributed by atoms with E-state index in [1.54, 1.807) is 6.20 Å². The lowest BCUT2D eigenvalue weighted by molar-refractivity contribution is -0.135. The van der Waals surface area contributed by atoms with E-state index in [4.69, 9.17) is 15.2 Å². The van der Waals surface area contributed by atoms with Gasteiger partial charge in [-0.15, -0.1) is 0 Å². The Morgan fingerprint density at radius 2 is 2.28 bits per heavy atom. The number of nitrogens with zero attached hydrogens (tertiary/aromatic N) is 3. The zero-order valence-electron chi connectivity index (χ0n) is 14.2. The summed E-state index contributed by atoms with van der Waals surface area (Å²) in [6.07, 6.45) is 5.91. The quantitative estimate of drug-likeness (QED) is 0.724. The largest absolute Gasteiger partial charge is 0.493 e. The van der Waals surface area contributed by atoms with Gasteiger partial charge in [-0.1, -0.05) is 18.2 Å². The van der Waals surface area contributed by atoms with Gasteiger partial charge < -0.3 is 19.8 Å². The van der Waals surface area contributed by atoms with Crippen LogP contribution in [0, 0.1) is 0 Å². The van der Waals surface area contributed by atoms with Gasteiger partial charge in [0, 0.05) is 44.1 Å². The van der Waals surface area contributed by atoms with Crippen LogP contribution in [-0.4, -0.2) is 52.8 Å². The minimum atomic E-state index is -0.531. The topological polar surface area (TPSA) is 82.6 Å². The number of primary amides is 1. The van der Waals surface area contributed by atoms with Gasteiger partial charge in [0.2, 0.25) is 5.91 Å². The van der Waals surface area contributed by atoms with Crippen LogP contribution in [0.25, 0.3) is 0 Å². The first-order valence-electron chi connectivity index (χ1n) is 8.52. The number of morpholine rings is 1. The number of para-hydroxylation sites is 1. The number of hydrogen-bond acceptors (Lipinski definition) is 5. The lowest BCUT2D eigenvalue weighted by Crippen LogP contribution is -2.47. The minimum Gasteiger partial charge on any atom is -0.493 e. The van der Waals surface area contributed by atoms with Crippen molar-refractivity contribution < 1.29 is 14.3 Å². The molecule has 0 aliphatic carbocycles. The smallest absolute Gasteiger partial charge is 0.247 e. The number of carbonyl (C=O) groups excluding carboxylic acids is 1. The number of benzene rings is 1. The standard InChI is InChI=1S/C18H24N4O3/c19-18(23)17-13-22(9-11-25-17)12-15-4-1-2-5-16(15)24-10-3-7-21-8-6-20-14-21/h1-2,4-6,8,14,17H,3,7,9-13H2,(H2,19,23)/t17-/m0/s1. The molecule has 0 unspecified atom stereocenters. The SMILES string of the molecule is NC(=O)[C@@H]1CN(Cc2ccccc2OCCCn2ccnc2)CCO1. The van der Waals surface area contributed by atoms with Crippen molar-refractivity contribution in [2.24, 2.45) is 5.73 Å². The number of aryl methyl sites for hydroxylation is 1. The molecule has 1 aliphatic rings. The van der Waals surface area contributed by atoms with Crippen LogP contribution in [0.4, 0.5) is 0 Å². The monoisotopic (exact) mass is 344 g/mol. The molecule has 1 fully saturated rings. The van der Waals surface area contributed by atoms with E-state index in [0.717, 1.165) is 30.8 Å². The molecule has 0 saturated carbocycles. The summed E-state index contributed by atoms with van der Waals surface area (Å²) in [7, 11) is 0. The van der Waals surface area contributed by atoms with Crippen molar-refractivity contribution >= 4 is 5.91 Å². The van der Waals surface area contributed by atoms with Crippen molar-refractivity contribution in [1.82, 2.24) is 14.5 Å². The molecule has 1 amide bonds. The highest BCUT2D eigenvalue weighted by Crippen LogP contribution is 2.21. The zero-order chi connectivity index (χ0) is 17.5. The lowest BCUT2D eigenvalue weighted by Gasteiger charge is -2.31. The maximum Gasteiger partial charge on any atom is 0.247 e. The summed E-state index contributed by atoms with van der Waals surface area (Å²) in [5, 5.41) is 0. The van der Waals surface area contributed by atoms with Crippen molar-refractivity contribution in [1.29, 1.82) is 0 Å². The Morgan fingerprint density at radius 3 is 3.08 bits per heavy atom. The second-order valence-electron chi connectivity index (χ2n) is 6.11. The summed E-state index contributed by atoms with van der Waals surface area (Å²) >= 11 is 0. The summed E-state index contributed by atoms with van der Waals surface area (Å²) in [6.45, 7) is 4.05. The normalized spacial score (nSPS) is 18.2. The maximum absolute atomic E-state index is 11.3. The molecule has 25 heavy (non-hydrogen) atoms. The van der Waals surface area contributed by atoms with Crippen LogP contribution in [0.3, 0.4) is 0 Å². The molecular formula is C18H24N4O3. The molecule has 0 spiro atoms. The molecule has 3 rings (SSSR count). The average Bonchev–Trinajstić information content (AvgIpc) is 3.14. The Balaban J connectivity index is 1.52. The van der Waals surface area contributed by atoms with Gasteiger partial charge in [0.15, 0.2) is 0 Å². The van der Waals surface area contributed by atoms with Gasteiger partial charge in [0.1, 0.15) is 11.9 Å². The number of carbonyl (C=O) groups is 1. The molecule has 1 aliphatic heterocycles. The van der Waals surface area contributed by atoms with E-state index in [0.29, 0.717) is 26.3 Å². The predicted octanol–water partition coefficient (Wildman–Crippen LogP) is 1.04. The van der Waals surface area contributed by atoms with Crippen molar-refractivity contribution in [2.45, 2.75) is 25.6 Å². The van der Waals surface area contributed by atoms with Crippen LogP contribution in [-0.2, 0) is 22.6 Å². The highest BCUT2D eigenvalue weighted by molar-refractivity contribution is 5.79. The second-order valence-corrected chi connectivity index (χ2v) is 6.11. The van der Waals surface area contributed by atoms with Crippen LogP contribution < -0.4 is 10.5 Å². The van der Waals surface area contributed by atoms with Crippen LogP contribution in [0.15, 0.2) is 43.0 Å². The third kappa shape index (κ3) is 5.04. The fourth-order valence-electron chi connectivity index (χ4n) is 2.88. The van der Waals surface area contributed by atoms with Gasteiger partial charge in [0.25, 0.3) is 0 Å². The van der Waals surface area contributed by atoms with E-state index < -0.39 is 12.0 Å². The van der Waals surface area contributed by atoms with Gasteiger partial charge >= 0.3 is 0 Å². The van der Waals surface area contributed by atoms with E-state index in [9.17, 15) is 4.79 Å². The van der Waals surface area contributed by atoms with E-state index in [-0.39, 0.29) is 0 Å². The minimum absolute atomic E-state index is 0.409. The van der Waals surface area contributed by atoms with Gasteiger partial charge in [-0.05, 0) is 12.5 Å². The lowest BCUT2D eigenvalue weighted by atomic mass is 10.1. The molecule has 7 nitrogen and oxygen atoms in total. The van der Waals surface area contributed by atoms with Crippen molar-refractivity contribution in [3.63, 3.8) is 0 Å². The molecule has 0 bridgehead atoms. The first-order valence-corrected chi connectivity index (χ1v) is 8.52. The molecule has 2 aromatic rings. The first-order chi connectivity index (χ1) is 12.2. The fourth-order valence-corrected chi connectivity index (χ4v) is 2.88. The first kappa shape index (κ1) is 17.4.